The third-order valence-electron chi connectivity index (χ3n) is 4.09. The van der Waals surface area contributed by atoms with E-state index < -0.39 is 13.0 Å². The van der Waals surface area contributed by atoms with E-state index in [2.05, 4.69) is 15.6 Å². The fraction of sp³-hybridized carbons (Fsp3) is 0.562. The first-order chi connectivity index (χ1) is 10.6. The maximum atomic E-state index is 12.4. The number of para-hydroxylation sites is 1. The van der Waals surface area contributed by atoms with Gasteiger partial charge in [-0.15, -0.1) is 0 Å². The van der Waals surface area contributed by atoms with Gasteiger partial charge in [-0.25, -0.2) is 13.8 Å². The van der Waals surface area contributed by atoms with E-state index in [1.54, 1.807) is 0 Å². The van der Waals surface area contributed by atoms with Gasteiger partial charge in [0.15, 0.2) is 5.96 Å². The lowest BCUT2D eigenvalue weighted by molar-refractivity contribution is 0.152. The molecule has 0 saturated heterocycles. The average Bonchev–Trinajstić information content (AvgIpc) is 2.99. The lowest BCUT2D eigenvalue weighted by atomic mass is 10.0. The Morgan fingerprint density at radius 3 is 2.86 bits per heavy atom. The Kier molecular flexibility index (Phi) is 4.45. The van der Waals surface area contributed by atoms with Gasteiger partial charge in [0.2, 0.25) is 0 Å². The molecule has 4 nitrogen and oxygen atoms in total. The zero-order valence-electron chi connectivity index (χ0n) is 12.6. The van der Waals surface area contributed by atoms with Crippen molar-refractivity contribution in [3.63, 3.8) is 0 Å². The first-order valence-electron chi connectivity index (χ1n) is 7.80. The fourth-order valence-corrected chi connectivity index (χ4v) is 2.98. The van der Waals surface area contributed by atoms with Gasteiger partial charge in [0, 0.05) is 5.56 Å². The molecule has 1 fully saturated rings. The quantitative estimate of drug-likeness (QED) is 0.894. The highest BCUT2D eigenvalue weighted by Crippen LogP contribution is 2.39. The molecule has 22 heavy (non-hydrogen) atoms. The Morgan fingerprint density at radius 2 is 2.14 bits per heavy atom. The summed E-state index contributed by atoms with van der Waals surface area (Å²) in [7, 11) is 0. The predicted octanol–water partition coefficient (Wildman–Crippen LogP) is 3.51. The Morgan fingerprint density at radius 1 is 1.36 bits per heavy atom. The Labute approximate surface area is 129 Å². The maximum absolute atomic E-state index is 12.4. The first kappa shape index (κ1) is 15.1. The van der Waals surface area contributed by atoms with Crippen molar-refractivity contribution in [3.8, 4) is 5.75 Å². The van der Waals surface area contributed by atoms with Gasteiger partial charge in [-0.05, 0) is 38.7 Å². The average molecular weight is 309 g/mol. The number of fused-ring (bicyclic) bond motifs is 1. The van der Waals surface area contributed by atoms with Gasteiger partial charge in [0.25, 0.3) is 6.43 Å². The monoisotopic (exact) mass is 309 g/mol. The second-order valence-corrected chi connectivity index (χ2v) is 5.82. The number of alkyl halides is 2. The molecule has 2 aliphatic rings. The number of halogens is 2. The summed E-state index contributed by atoms with van der Waals surface area (Å²) in [5.74, 6) is 1.12. The molecule has 1 aliphatic heterocycles. The summed E-state index contributed by atoms with van der Waals surface area (Å²) < 4.78 is 30.8. The summed E-state index contributed by atoms with van der Waals surface area (Å²) in [5, 5.41) is 5.75. The van der Waals surface area contributed by atoms with E-state index in [1.165, 1.54) is 12.8 Å². The topological polar surface area (TPSA) is 45.7 Å². The van der Waals surface area contributed by atoms with Gasteiger partial charge in [-0.2, -0.15) is 0 Å². The molecule has 1 aromatic rings. The number of aliphatic imine (C=N–C) groups is 1. The zero-order valence-corrected chi connectivity index (χ0v) is 12.6. The number of nitrogens with zero attached hydrogens (tertiary/aromatic N) is 1. The van der Waals surface area contributed by atoms with Crippen molar-refractivity contribution in [2.75, 3.05) is 6.54 Å². The van der Waals surface area contributed by atoms with Crippen LogP contribution in [0, 0.1) is 0 Å². The van der Waals surface area contributed by atoms with Crippen molar-refractivity contribution in [2.24, 2.45) is 4.99 Å². The SMILES string of the molecule is CC1NC(NCC(F)F)=Nc2c(OC3CCCC3)cccc21. The Bertz CT molecular complexity index is 556. The van der Waals surface area contributed by atoms with Crippen LogP contribution in [0.1, 0.15) is 44.2 Å². The van der Waals surface area contributed by atoms with Gasteiger partial charge in [0.1, 0.15) is 11.4 Å². The molecule has 120 valence electrons. The maximum Gasteiger partial charge on any atom is 0.255 e. The molecule has 0 bridgehead atoms. The summed E-state index contributed by atoms with van der Waals surface area (Å²) in [5.41, 5.74) is 1.77. The van der Waals surface area contributed by atoms with Gasteiger partial charge < -0.3 is 15.4 Å². The van der Waals surface area contributed by atoms with E-state index in [4.69, 9.17) is 4.74 Å². The third-order valence-corrected chi connectivity index (χ3v) is 4.09. The highest BCUT2D eigenvalue weighted by Gasteiger charge is 2.24. The first-order valence-corrected chi connectivity index (χ1v) is 7.80. The Balaban J connectivity index is 1.83. The van der Waals surface area contributed by atoms with E-state index in [-0.39, 0.29) is 12.1 Å². The van der Waals surface area contributed by atoms with Gasteiger partial charge in [-0.1, -0.05) is 12.1 Å². The number of hydrogen-bond donors (Lipinski definition) is 2. The van der Waals surface area contributed by atoms with Crippen molar-refractivity contribution < 1.29 is 13.5 Å². The summed E-state index contributed by atoms with van der Waals surface area (Å²) in [6, 6.07) is 5.85. The van der Waals surface area contributed by atoms with Crippen molar-refractivity contribution in [1.29, 1.82) is 0 Å². The number of rotatable bonds is 4. The molecule has 0 spiro atoms. The van der Waals surface area contributed by atoms with Crippen LogP contribution in [-0.4, -0.2) is 25.0 Å². The molecule has 0 aromatic heterocycles. The van der Waals surface area contributed by atoms with Crippen LogP contribution >= 0.6 is 0 Å². The van der Waals surface area contributed by atoms with Crippen LogP contribution in [0.4, 0.5) is 14.5 Å². The molecule has 0 amide bonds. The highest BCUT2D eigenvalue weighted by atomic mass is 19.3. The normalized spacial score (nSPS) is 21.3. The predicted molar refractivity (Wildman–Crippen MR) is 82.0 cm³/mol. The largest absolute Gasteiger partial charge is 0.488 e. The minimum absolute atomic E-state index is 0.000185. The van der Waals surface area contributed by atoms with Crippen LogP contribution in [-0.2, 0) is 0 Å². The lowest BCUT2D eigenvalue weighted by Crippen LogP contribution is -2.42. The molecule has 1 unspecified atom stereocenters. The molecule has 1 aliphatic carbocycles. The van der Waals surface area contributed by atoms with E-state index in [1.807, 2.05) is 25.1 Å². The van der Waals surface area contributed by atoms with Crippen LogP contribution in [0.15, 0.2) is 23.2 Å². The molecule has 1 aromatic carbocycles. The van der Waals surface area contributed by atoms with Crippen LogP contribution < -0.4 is 15.4 Å². The summed E-state index contributed by atoms with van der Waals surface area (Å²) >= 11 is 0. The molecular formula is C16H21F2N3O. The second-order valence-electron chi connectivity index (χ2n) is 5.82. The second kappa shape index (κ2) is 6.50. The molecule has 2 N–H and O–H groups in total. The van der Waals surface area contributed by atoms with Crippen LogP contribution in [0.2, 0.25) is 0 Å². The molecule has 3 rings (SSSR count). The Hall–Kier alpha value is -1.85. The van der Waals surface area contributed by atoms with E-state index in [0.29, 0.717) is 5.96 Å². The van der Waals surface area contributed by atoms with Crippen LogP contribution in [0.25, 0.3) is 0 Å². The van der Waals surface area contributed by atoms with Gasteiger partial charge in [-0.3, -0.25) is 0 Å². The van der Waals surface area contributed by atoms with Crippen LogP contribution in [0.3, 0.4) is 0 Å². The highest BCUT2D eigenvalue weighted by molar-refractivity contribution is 5.87. The number of benzene rings is 1. The molecule has 1 saturated carbocycles. The van der Waals surface area contributed by atoms with E-state index in [0.717, 1.165) is 29.8 Å². The third kappa shape index (κ3) is 3.31. The molecular weight excluding hydrogens is 288 g/mol. The zero-order chi connectivity index (χ0) is 15.5. The lowest BCUT2D eigenvalue weighted by Gasteiger charge is -2.26. The van der Waals surface area contributed by atoms with Crippen LogP contribution in [0.5, 0.6) is 5.75 Å². The van der Waals surface area contributed by atoms with Gasteiger partial charge in [0.05, 0.1) is 18.7 Å². The number of guanidine groups is 1. The van der Waals surface area contributed by atoms with Gasteiger partial charge >= 0.3 is 0 Å². The smallest absolute Gasteiger partial charge is 0.255 e. The summed E-state index contributed by atoms with van der Waals surface area (Å²) in [6.45, 7) is 1.57. The van der Waals surface area contributed by atoms with Crippen molar-refractivity contribution >= 4 is 11.6 Å². The minimum Gasteiger partial charge on any atom is -0.488 e. The molecule has 1 heterocycles. The van der Waals surface area contributed by atoms with Crippen molar-refractivity contribution in [3.05, 3.63) is 23.8 Å². The standard InChI is InChI=1S/C16H21F2N3O/c1-10-12-7-4-8-13(22-11-5-2-3-6-11)15(12)21-16(20-10)19-9-14(17)18/h4,7-8,10-11,14H,2-3,5-6,9H2,1H3,(H2,19,20,21). The number of ether oxygens (including phenoxy) is 1. The van der Waals surface area contributed by atoms with Crippen molar-refractivity contribution in [1.82, 2.24) is 10.6 Å². The molecule has 0 radical (unpaired) electrons. The van der Waals surface area contributed by atoms with E-state index in [9.17, 15) is 8.78 Å². The fourth-order valence-electron chi connectivity index (χ4n) is 2.98. The number of nitrogens with one attached hydrogen (secondary N) is 2. The summed E-state index contributed by atoms with van der Waals surface area (Å²) in [6.07, 6.45) is 2.36. The molecule has 1 atom stereocenters. The minimum atomic E-state index is -2.41. The van der Waals surface area contributed by atoms with E-state index >= 15 is 0 Å². The van der Waals surface area contributed by atoms with Crippen molar-refractivity contribution in [2.45, 2.75) is 51.2 Å². The summed E-state index contributed by atoms with van der Waals surface area (Å²) in [4.78, 5) is 4.45. The molecule has 6 heteroatoms. The number of hydrogen-bond acceptors (Lipinski definition) is 4.